The number of amides is 1. The van der Waals surface area contributed by atoms with E-state index in [9.17, 15) is 4.79 Å². The molecule has 0 fully saturated rings. The summed E-state index contributed by atoms with van der Waals surface area (Å²) in [4.78, 5) is 15.0. The molecule has 3 aromatic rings. The minimum absolute atomic E-state index is 0.0379. The first-order valence-electron chi connectivity index (χ1n) is 8.20. The monoisotopic (exact) mass is 399 g/mol. The number of halogens is 1. The number of carbonyl (C=O) groups excluding carboxylic acids is 1. The quantitative estimate of drug-likeness (QED) is 0.656. The first kappa shape index (κ1) is 16.1. The van der Waals surface area contributed by atoms with Crippen LogP contribution in [0.5, 0.6) is 5.75 Å². The minimum Gasteiger partial charge on any atom is -0.494 e. The molecule has 5 nitrogen and oxygen atoms in total. The predicted molar refractivity (Wildman–Crippen MR) is 99.0 cm³/mol. The normalized spacial score (nSPS) is 16.8. The Labute approximate surface area is 154 Å². The van der Waals surface area contributed by atoms with E-state index in [4.69, 9.17) is 4.74 Å². The number of benzene rings is 1. The standard InChI is InChI=1S/C19H18BrN3O2/c1-12-15-6-4-3-5-13(15)7-8-22(12)19(24)16-10-17-18(25-2)9-14(20)11-23(17)21-16/h3-6,9-12H,7-8H2,1-2H3/t12-/m1/s1. The molecule has 1 aromatic carbocycles. The van der Waals surface area contributed by atoms with Crippen molar-refractivity contribution >= 4 is 27.4 Å². The van der Waals surface area contributed by atoms with Gasteiger partial charge in [0.05, 0.1) is 13.2 Å². The molecule has 6 heteroatoms. The van der Waals surface area contributed by atoms with Gasteiger partial charge in [0.1, 0.15) is 11.3 Å². The van der Waals surface area contributed by atoms with Crippen molar-refractivity contribution in [2.24, 2.45) is 0 Å². The van der Waals surface area contributed by atoms with Crippen molar-refractivity contribution in [1.29, 1.82) is 0 Å². The van der Waals surface area contributed by atoms with Gasteiger partial charge in [0, 0.05) is 23.3 Å². The molecule has 0 radical (unpaired) electrons. The highest BCUT2D eigenvalue weighted by Gasteiger charge is 2.29. The summed E-state index contributed by atoms with van der Waals surface area (Å²) in [7, 11) is 1.61. The van der Waals surface area contributed by atoms with E-state index in [1.807, 2.05) is 23.2 Å². The van der Waals surface area contributed by atoms with Crippen molar-refractivity contribution in [2.45, 2.75) is 19.4 Å². The molecule has 1 amide bonds. The van der Waals surface area contributed by atoms with Gasteiger partial charge in [0.25, 0.3) is 5.91 Å². The van der Waals surface area contributed by atoms with E-state index in [0.29, 0.717) is 18.0 Å². The van der Waals surface area contributed by atoms with E-state index in [1.54, 1.807) is 17.7 Å². The van der Waals surface area contributed by atoms with Crippen LogP contribution in [0.4, 0.5) is 0 Å². The molecule has 0 spiro atoms. The maximum Gasteiger partial charge on any atom is 0.274 e. The molecule has 1 aliphatic rings. The largest absolute Gasteiger partial charge is 0.494 e. The van der Waals surface area contributed by atoms with Crippen LogP contribution in [0.15, 0.2) is 47.1 Å². The van der Waals surface area contributed by atoms with Gasteiger partial charge in [-0.15, -0.1) is 0 Å². The second-order valence-corrected chi connectivity index (χ2v) is 7.13. The molecule has 0 N–H and O–H groups in total. The van der Waals surface area contributed by atoms with Gasteiger partial charge in [-0.2, -0.15) is 5.10 Å². The van der Waals surface area contributed by atoms with Crippen molar-refractivity contribution in [3.8, 4) is 5.75 Å². The van der Waals surface area contributed by atoms with E-state index < -0.39 is 0 Å². The molecule has 1 atom stereocenters. The topological polar surface area (TPSA) is 46.8 Å². The molecule has 0 bridgehead atoms. The molecule has 0 saturated heterocycles. The molecule has 1 aliphatic heterocycles. The van der Waals surface area contributed by atoms with Crippen LogP contribution in [-0.2, 0) is 6.42 Å². The van der Waals surface area contributed by atoms with Gasteiger partial charge in [0.2, 0.25) is 0 Å². The lowest BCUT2D eigenvalue weighted by molar-refractivity contribution is 0.0671. The van der Waals surface area contributed by atoms with Crippen LogP contribution < -0.4 is 4.74 Å². The van der Waals surface area contributed by atoms with Gasteiger partial charge < -0.3 is 9.64 Å². The number of nitrogens with zero attached hydrogens (tertiary/aromatic N) is 3. The van der Waals surface area contributed by atoms with E-state index in [0.717, 1.165) is 16.4 Å². The summed E-state index contributed by atoms with van der Waals surface area (Å²) in [5.41, 5.74) is 3.74. The summed E-state index contributed by atoms with van der Waals surface area (Å²) in [6, 6.07) is 12.0. The molecule has 3 heterocycles. The van der Waals surface area contributed by atoms with Crippen molar-refractivity contribution in [3.63, 3.8) is 0 Å². The molecular formula is C19H18BrN3O2. The van der Waals surface area contributed by atoms with Crippen molar-refractivity contribution in [1.82, 2.24) is 14.5 Å². The summed E-state index contributed by atoms with van der Waals surface area (Å²) in [6.45, 7) is 2.77. The van der Waals surface area contributed by atoms with Crippen LogP contribution in [0, 0.1) is 0 Å². The Hall–Kier alpha value is -2.34. The highest BCUT2D eigenvalue weighted by atomic mass is 79.9. The maximum absolute atomic E-state index is 13.1. The Kier molecular flexibility index (Phi) is 4.00. The average Bonchev–Trinajstić information content (AvgIpc) is 3.05. The van der Waals surface area contributed by atoms with E-state index in [2.05, 4.69) is 46.2 Å². The van der Waals surface area contributed by atoms with Gasteiger partial charge in [-0.1, -0.05) is 24.3 Å². The van der Waals surface area contributed by atoms with Crippen LogP contribution >= 0.6 is 15.9 Å². The number of hydrogen-bond acceptors (Lipinski definition) is 3. The number of pyridine rings is 1. The molecule has 0 unspecified atom stereocenters. The molecule has 2 aromatic heterocycles. The number of aromatic nitrogens is 2. The zero-order chi connectivity index (χ0) is 17.6. The fraction of sp³-hybridized carbons (Fsp3) is 0.263. The highest BCUT2D eigenvalue weighted by Crippen LogP contribution is 2.31. The lowest BCUT2D eigenvalue weighted by Crippen LogP contribution is -2.39. The Morgan fingerprint density at radius 1 is 1.32 bits per heavy atom. The second kappa shape index (κ2) is 6.19. The molecule has 0 aliphatic carbocycles. The SMILES string of the molecule is COc1cc(Br)cn2nc(C(=O)N3CCc4ccccc4[C@H]3C)cc12. The summed E-state index contributed by atoms with van der Waals surface area (Å²) in [5, 5.41) is 4.46. The third-order valence-corrected chi connectivity index (χ3v) is 5.23. The lowest BCUT2D eigenvalue weighted by atomic mass is 9.93. The fourth-order valence-corrected chi connectivity index (χ4v) is 3.90. The Balaban J connectivity index is 1.71. The molecular weight excluding hydrogens is 382 g/mol. The second-order valence-electron chi connectivity index (χ2n) is 6.21. The summed E-state index contributed by atoms with van der Waals surface area (Å²) >= 11 is 3.44. The summed E-state index contributed by atoms with van der Waals surface area (Å²) in [5.74, 6) is 0.627. The zero-order valence-corrected chi connectivity index (χ0v) is 15.7. The van der Waals surface area contributed by atoms with Gasteiger partial charge in [0.15, 0.2) is 5.69 Å². The number of ether oxygens (including phenoxy) is 1. The summed E-state index contributed by atoms with van der Waals surface area (Å²) in [6.07, 6.45) is 2.69. The number of methoxy groups -OCH3 is 1. The Morgan fingerprint density at radius 2 is 2.12 bits per heavy atom. The van der Waals surface area contributed by atoms with Crippen LogP contribution in [0.25, 0.3) is 5.52 Å². The van der Waals surface area contributed by atoms with Gasteiger partial charge in [-0.3, -0.25) is 4.79 Å². The number of hydrogen-bond donors (Lipinski definition) is 0. The molecule has 128 valence electrons. The van der Waals surface area contributed by atoms with Gasteiger partial charge >= 0.3 is 0 Å². The third-order valence-electron chi connectivity index (χ3n) is 4.80. The van der Waals surface area contributed by atoms with E-state index >= 15 is 0 Å². The molecule has 0 saturated carbocycles. The van der Waals surface area contributed by atoms with Crippen LogP contribution in [0.2, 0.25) is 0 Å². The first-order valence-corrected chi connectivity index (χ1v) is 8.99. The molecule has 25 heavy (non-hydrogen) atoms. The van der Waals surface area contributed by atoms with Crippen LogP contribution in [0.1, 0.15) is 34.6 Å². The van der Waals surface area contributed by atoms with E-state index in [-0.39, 0.29) is 11.9 Å². The van der Waals surface area contributed by atoms with E-state index in [1.165, 1.54) is 11.1 Å². The minimum atomic E-state index is -0.0520. The van der Waals surface area contributed by atoms with Crippen LogP contribution in [0.3, 0.4) is 0 Å². The first-order chi connectivity index (χ1) is 12.1. The smallest absolute Gasteiger partial charge is 0.274 e. The highest BCUT2D eigenvalue weighted by molar-refractivity contribution is 9.10. The predicted octanol–water partition coefficient (Wildman–Crippen LogP) is 3.86. The molecule has 4 rings (SSSR count). The third kappa shape index (κ3) is 2.70. The van der Waals surface area contributed by atoms with Gasteiger partial charge in [-0.05, 0) is 46.5 Å². The fourth-order valence-electron chi connectivity index (χ4n) is 3.49. The summed E-state index contributed by atoms with van der Waals surface area (Å²) < 4.78 is 7.92. The number of fused-ring (bicyclic) bond motifs is 2. The Morgan fingerprint density at radius 3 is 2.92 bits per heavy atom. The van der Waals surface area contributed by atoms with Crippen LogP contribution in [-0.4, -0.2) is 34.1 Å². The Bertz CT molecular complexity index is 966. The van der Waals surface area contributed by atoms with Crippen molar-refractivity contribution < 1.29 is 9.53 Å². The van der Waals surface area contributed by atoms with Gasteiger partial charge in [-0.25, -0.2) is 4.52 Å². The number of rotatable bonds is 2. The maximum atomic E-state index is 13.1. The van der Waals surface area contributed by atoms with Crippen molar-refractivity contribution in [2.75, 3.05) is 13.7 Å². The lowest BCUT2D eigenvalue weighted by Gasteiger charge is -2.34. The zero-order valence-electron chi connectivity index (χ0n) is 14.1. The average molecular weight is 400 g/mol. The van der Waals surface area contributed by atoms with Crippen molar-refractivity contribution in [3.05, 3.63) is 63.9 Å². The number of carbonyl (C=O) groups is 1.